The molecule has 18 heavy (non-hydrogen) atoms. The highest BCUT2D eigenvalue weighted by atomic mass is 16.6. The number of aliphatic hydroxyl groups is 1. The summed E-state index contributed by atoms with van der Waals surface area (Å²) in [6, 6.07) is 4.21. The average Bonchev–Trinajstić information content (AvgIpc) is 2.34. The van der Waals surface area contributed by atoms with Gasteiger partial charge < -0.3 is 15.6 Å². The molecule has 1 aromatic rings. The quantitative estimate of drug-likeness (QED) is 0.422. The van der Waals surface area contributed by atoms with Gasteiger partial charge in [0.05, 0.1) is 29.8 Å². The summed E-state index contributed by atoms with van der Waals surface area (Å²) >= 11 is 0. The van der Waals surface area contributed by atoms with E-state index in [1.165, 1.54) is 18.2 Å². The number of amides is 1. The predicted molar refractivity (Wildman–Crippen MR) is 62.9 cm³/mol. The Morgan fingerprint density at radius 2 is 2.22 bits per heavy atom. The van der Waals surface area contributed by atoms with Gasteiger partial charge in [-0.1, -0.05) is 0 Å². The highest BCUT2D eigenvalue weighted by Crippen LogP contribution is 2.24. The first kappa shape index (κ1) is 13.9. The van der Waals surface area contributed by atoms with Crippen LogP contribution in [0.2, 0.25) is 0 Å². The maximum absolute atomic E-state index is 10.7. The number of carbonyl (C=O) groups is 1. The van der Waals surface area contributed by atoms with Gasteiger partial charge in [-0.15, -0.1) is 0 Å². The Labute approximate surface area is 103 Å². The van der Waals surface area contributed by atoms with Crippen molar-refractivity contribution in [1.29, 1.82) is 0 Å². The molecule has 0 aliphatic heterocycles. The summed E-state index contributed by atoms with van der Waals surface area (Å²) in [5, 5.41) is 19.7. The third-order valence-corrected chi connectivity index (χ3v) is 2.26. The minimum absolute atomic E-state index is 0.190. The monoisotopic (exact) mass is 254 g/mol. The number of aliphatic hydroxyl groups excluding tert-OH is 1. The molecule has 1 aromatic carbocycles. The molecule has 0 aliphatic carbocycles. The lowest BCUT2D eigenvalue weighted by Gasteiger charge is -2.06. The molecule has 98 valence electrons. The lowest BCUT2D eigenvalue weighted by atomic mass is 10.2. The molecule has 0 radical (unpaired) electrons. The minimum atomic E-state index is -0.582. The number of nitro groups is 1. The van der Waals surface area contributed by atoms with Crippen molar-refractivity contribution in [3.63, 3.8) is 0 Å². The van der Waals surface area contributed by atoms with Crippen LogP contribution >= 0.6 is 0 Å². The highest BCUT2D eigenvalue weighted by molar-refractivity contribution is 5.73. The number of nitro benzene ring substituents is 1. The van der Waals surface area contributed by atoms with Crippen molar-refractivity contribution in [2.45, 2.75) is 19.4 Å². The summed E-state index contributed by atoms with van der Waals surface area (Å²) in [5.74, 6) is -0.0939. The van der Waals surface area contributed by atoms with Crippen LogP contribution < -0.4 is 10.5 Å². The van der Waals surface area contributed by atoms with Gasteiger partial charge in [-0.25, -0.2) is 0 Å². The summed E-state index contributed by atoms with van der Waals surface area (Å²) in [4.78, 5) is 20.6. The zero-order valence-corrected chi connectivity index (χ0v) is 9.67. The van der Waals surface area contributed by atoms with Gasteiger partial charge in [0.1, 0.15) is 5.75 Å². The first-order valence-corrected chi connectivity index (χ1v) is 5.34. The van der Waals surface area contributed by atoms with Crippen LogP contribution in [-0.2, 0) is 11.4 Å². The molecule has 0 spiro atoms. The molecule has 1 amide bonds. The standard InChI is InChI=1S/C11H14N2O5/c12-11(15)2-1-5-18-9-4-3-8(7-14)10(6-9)13(16)17/h3-4,6,14H,1-2,5,7H2,(H2,12,15). The predicted octanol–water partition coefficient (Wildman–Crippen LogP) is 0.731. The first-order valence-electron chi connectivity index (χ1n) is 5.34. The van der Waals surface area contributed by atoms with E-state index in [0.717, 1.165) is 0 Å². The van der Waals surface area contributed by atoms with Crippen LogP contribution in [0.3, 0.4) is 0 Å². The number of nitrogens with zero attached hydrogens (tertiary/aromatic N) is 1. The number of hydrogen-bond acceptors (Lipinski definition) is 5. The Morgan fingerprint density at radius 3 is 2.78 bits per heavy atom. The van der Waals surface area contributed by atoms with Gasteiger partial charge in [0.2, 0.25) is 5.91 Å². The van der Waals surface area contributed by atoms with Crippen molar-refractivity contribution in [3.05, 3.63) is 33.9 Å². The summed E-state index contributed by atoms with van der Waals surface area (Å²) in [5.41, 5.74) is 5.00. The Hall–Kier alpha value is -2.15. The number of primary amides is 1. The van der Waals surface area contributed by atoms with Crippen molar-refractivity contribution in [2.75, 3.05) is 6.61 Å². The normalized spacial score (nSPS) is 10.1. The summed E-state index contributed by atoms with van der Waals surface area (Å²) in [6.07, 6.45) is 0.654. The summed E-state index contributed by atoms with van der Waals surface area (Å²) in [7, 11) is 0. The lowest BCUT2D eigenvalue weighted by molar-refractivity contribution is -0.385. The van der Waals surface area contributed by atoms with Crippen LogP contribution in [0.5, 0.6) is 5.75 Å². The van der Waals surface area contributed by atoms with Gasteiger partial charge in [0.15, 0.2) is 0 Å². The van der Waals surface area contributed by atoms with Gasteiger partial charge in [-0.05, 0) is 18.6 Å². The SMILES string of the molecule is NC(=O)CCCOc1ccc(CO)c([N+](=O)[O-])c1. The third-order valence-electron chi connectivity index (χ3n) is 2.26. The van der Waals surface area contributed by atoms with E-state index >= 15 is 0 Å². The fraction of sp³-hybridized carbons (Fsp3) is 0.364. The van der Waals surface area contributed by atoms with Crippen molar-refractivity contribution in [2.24, 2.45) is 5.73 Å². The molecule has 7 heteroatoms. The van der Waals surface area contributed by atoms with E-state index < -0.39 is 17.4 Å². The molecule has 3 N–H and O–H groups in total. The topological polar surface area (TPSA) is 116 Å². The van der Waals surface area contributed by atoms with Gasteiger partial charge in [-0.3, -0.25) is 14.9 Å². The molecule has 0 heterocycles. The number of nitrogens with two attached hydrogens (primary N) is 1. The third kappa shape index (κ3) is 4.02. The Morgan fingerprint density at radius 1 is 1.50 bits per heavy atom. The highest BCUT2D eigenvalue weighted by Gasteiger charge is 2.14. The van der Waals surface area contributed by atoms with E-state index in [0.29, 0.717) is 12.2 Å². The smallest absolute Gasteiger partial charge is 0.278 e. The van der Waals surface area contributed by atoms with Crippen molar-refractivity contribution >= 4 is 11.6 Å². The van der Waals surface area contributed by atoms with Crippen molar-refractivity contribution in [3.8, 4) is 5.75 Å². The molecule has 0 aliphatic rings. The van der Waals surface area contributed by atoms with Crippen molar-refractivity contribution < 1.29 is 19.6 Å². The summed E-state index contributed by atoms with van der Waals surface area (Å²) in [6.45, 7) is -0.156. The van der Waals surface area contributed by atoms with Gasteiger partial charge >= 0.3 is 0 Å². The maximum Gasteiger partial charge on any atom is 0.278 e. The average molecular weight is 254 g/mol. The van der Waals surface area contributed by atoms with Crippen LogP contribution in [0.1, 0.15) is 18.4 Å². The van der Waals surface area contributed by atoms with Gasteiger partial charge in [-0.2, -0.15) is 0 Å². The molecular formula is C11H14N2O5. The molecule has 0 unspecified atom stereocenters. The number of carbonyl (C=O) groups excluding carboxylic acids is 1. The Bertz CT molecular complexity index is 447. The molecule has 0 aromatic heterocycles. The van der Waals surface area contributed by atoms with Gasteiger partial charge in [0, 0.05) is 6.42 Å². The van der Waals surface area contributed by atoms with Gasteiger partial charge in [0.25, 0.3) is 5.69 Å². The van der Waals surface area contributed by atoms with E-state index in [1.54, 1.807) is 0 Å². The Balaban J connectivity index is 2.64. The van der Waals surface area contributed by atoms with Crippen LogP contribution in [0.15, 0.2) is 18.2 Å². The second-order valence-electron chi connectivity index (χ2n) is 3.62. The molecule has 0 fully saturated rings. The number of ether oxygens (including phenoxy) is 1. The molecule has 0 bridgehead atoms. The van der Waals surface area contributed by atoms with Crippen LogP contribution in [-0.4, -0.2) is 22.5 Å². The fourth-order valence-corrected chi connectivity index (χ4v) is 1.37. The number of rotatable bonds is 7. The molecule has 0 saturated heterocycles. The molecular weight excluding hydrogens is 240 g/mol. The molecule has 7 nitrogen and oxygen atoms in total. The van der Waals surface area contributed by atoms with E-state index in [4.69, 9.17) is 15.6 Å². The first-order chi connectivity index (χ1) is 8.54. The lowest BCUT2D eigenvalue weighted by Crippen LogP contribution is -2.11. The van der Waals surface area contributed by atoms with E-state index in [2.05, 4.69) is 0 Å². The van der Waals surface area contributed by atoms with Crippen LogP contribution in [0.4, 0.5) is 5.69 Å². The zero-order chi connectivity index (χ0) is 13.5. The zero-order valence-electron chi connectivity index (χ0n) is 9.67. The van der Waals surface area contributed by atoms with Crippen LogP contribution in [0, 0.1) is 10.1 Å². The second kappa shape index (κ2) is 6.55. The van der Waals surface area contributed by atoms with E-state index in [-0.39, 0.29) is 24.3 Å². The minimum Gasteiger partial charge on any atom is -0.493 e. The fourth-order valence-electron chi connectivity index (χ4n) is 1.37. The Kier molecular flexibility index (Phi) is 5.06. The second-order valence-corrected chi connectivity index (χ2v) is 3.62. The number of hydrogen-bond donors (Lipinski definition) is 2. The largest absolute Gasteiger partial charge is 0.493 e. The molecule has 0 saturated carbocycles. The van der Waals surface area contributed by atoms with E-state index in [9.17, 15) is 14.9 Å². The van der Waals surface area contributed by atoms with Crippen molar-refractivity contribution in [1.82, 2.24) is 0 Å². The van der Waals surface area contributed by atoms with Crippen LogP contribution in [0.25, 0.3) is 0 Å². The summed E-state index contributed by atoms with van der Waals surface area (Å²) < 4.78 is 5.25. The molecule has 0 atom stereocenters. The maximum atomic E-state index is 10.7. The van der Waals surface area contributed by atoms with E-state index in [1.807, 2.05) is 0 Å². The number of benzene rings is 1. The molecule has 1 rings (SSSR count).